The third kappa shape index (κ3) is 1.65. The van der Waals surface area contributed by atoms with Crippen molar-refractivity contribution in [3.05, 3.63) is 35.6 Å². The minimum atomic E-state index is -3.36. The third-order valence-corrected chi connectivity index (χ3v) is 2.50. The molecule has 2 N–H and O–H groups in total. The summed E-state index contributed by atoms with van der Waals surface area (Å²) in [6.07, 6.45) is 1.12. The molecule has 1 aliphatic rings. The van der Waals surface area contributed by atoms with Crippen LogP contribution in [0.25, 0.3) is 0 Å². The first-order valence-corrected chi connectivity index (χ1v) is 4.69. The predicted molar refractivity (Wildman–Crippen MR) is 53.5 cm³/mol. The van der Waals surface area contributed by atoms with Gasteiger partial charge in [0.2, 0.25) is 0 Å². The molecule has 0 radical (unpaired) electrons. The second-order valence-corrected chi connectivity index (χ2v) is 3.55. The number of aliphatic imine (C=N–C) groups is 1. The van der Waals surface area contributed by atoms with Crippen LogP contribution in [-0.4, -0.2) is 23.9 Å². The van der Waals surface area contributed by atoms with Crippen molar-refractivity contribution in [2.24, 2.45) is 10.8 Å². The first-order chi connectivity index (χ1) is 7.53. The van der Waals surface area contributed by atoms with Crippen LogP contribution in [0.1, 0.15) is 5.56 Å². The number of hydrazine groups is 1. The van der Waals surface area contributed by atoms with Gasteiger partial charge in [-0.15, -0.1) is 0 Å². The third-order valence-electron chi connectivity index (χ3n) is 2.50. The quantitative estimate of drug-likeness (QED) is 0.781. The predicted octanol–water partition coefficient (Wildman–Crippen LogP) is 1.50. The number of halogens is 3. The van der Waals surface area contributed by atoms with E-state index in [1.807, 2.05) is 0 Å². The molecule has 0 saturated heterocycles. The van der Waals surface area contributed by atoms with Crippen LogP contribution < -0.4 is 5.84 Å². The Hall–Kier alpha value is -1.56. The van der Waals surface area contributed by atoms with Gasteiger partial charge in [0.15, 0.2) is 0 Å². The molecule has 1 aromatic carbocycles. The molecule has 16 heavy (non-hydrogen) atoms. The molecular formula is C10H10F3N3. The first kappa shape index (κ1) is 10.9. The lowest BCUT2D eigenvalue weighted by Gasteiger charge is -2.28. The Morgan fingerprint density at radius 3 is 2.62 bits per heavy atom. The van der Waals surface area contributed by atoms with Crippen LogP contribution in [-0.2, 0) is 5.92 Å². The number of rotatable bonds is 2. The largest absolute Gasteiger partial charge is 0.299 e. The Bertz CT molecular complexity index is 420. The number of hydrogen-bond acceptors (Lipinski definition) is 3. The van der Waals surface area contributed by atoms with Gasteiger partial charge in [-0.2, -0.15) is 8.78 Å². The summed E-state index contributed by atoms with van der Waals surface area (Å²) in [4.78, 5) is 3.64. The van der Waals surface area contributed by atoms with E-state index in [0.29, 0.717) is 0 Å². The van der Waals surface area contributed by atoms with Crippen molar-refractivity contribution in [2.75, 3.05) is 6.54 Å². The summed E-state index contributed by atoms with van der Waals surface area (Å²) in [5, 5.41) is 0.812. The summed E-state index contributed by atoms with van der Waals surface area (Å²) in [7, 11) is 0. The van der Waals surface area contributed by atoms with Gasteiger partial charge >= 0.3 is 0 Å². The fourth-order valence-corrected chi connectivity index (χ4v) is 1.63. The Kier molecular flexibility index (Phi) is 2.59. The van der Waals surface area contributed by atoms with Crippen LogP contribution in [0.2, 0.25) is 0 Å². The Balaban J connectivity index is 2.35. The zero-order valence-electron chi connectivity index (χ0n) is 8.28. The van der Waals surface area contributed by atoms with Gasteiger partial charge in [0.1, 0.15) is 11.9 Å². The molecule has 0 saturated carbocycles. The van der Waals surface area contributed by atoms with Gasteiger partial charge in [-0.25, -0.2) is 10.2 Å². The van der Waals surface area contributed by atoms with Crippen molar-refractivity contribution in [3.63, 3.8) is 0 Å². The maximum atomic E-state index is 13.9. The van der Waals surface area contributed by atoms with Gasteiger partial charge in [-0.1, -0.05) is 12.1 Å². The molecule has 2 rings (SSSR count). The van der Waals surface area contributed by atoms with Crippen LogP contribution in [0, 0.1) is 5.82 Å². The van der Waals surface area contributed by atoms with Gasteiger partial charge < -0.3 is 0 Å². The summed E-state index contributed by atoms with van der Waals surface area (Å²) in [6, 6.07) is 3.45. The zero-order chi connectivity index (χ0) is 11.8. The second-order valence-electron chi connectivity index (χ2n) is 3.55. The van der Waals surface area contributed by atoms with E-state index in [-0.39, 0.29) is 6.54 Å². The summed E-state index contributed by atoms with van der Waals surface area (Å²) in [5.41, 5.74) is -0.652. The van der Waals surface area contributed by atoms with E-state index in [1.165, 1.54) is 12.1 Å². The molecule has 0 aliphatic carbocycles. The lowest BCUT2D eigenvalue weighted by Crippen LogP contribution is -2.48. The summed E-state index contributed by atoms with van der Waals surface area (Å²) < 4.78 is 41.1. The van der Waals surface area contributed by atoms with E-state index in [0.717, 1.165) is 23.5 Å². The topological polar surface area (TPSA) is 41.6 Å². The van der Waals surface area contributed by atoms with Gasteiger partial charge in [0.25, 0.3) is 5.92 Å². The Morgan fingerprint density at radius 2 is 2.06 bits per heavy atom. The smallest absolute Gasteiger partial charge is 0.290 e. The van der Waals surface area contributed by atoms with Crippen molar-refractivity contribution in [1.29, 1.82) is 0 Å². The molecule has 0 spiro atoms. The zero-order valence-corrected chi connectivity index (χ0v) is 8.28. The highest BCUT2D eigenvalue weighted by Gasteiger charge is 2.46. The SMILES string of the molecule is NN1C=NCC1C(F)(F)c1ccccc1F. The summed E-state index contributed by atoms with van der Waals surface area (Å²) in [6.45, 7) is -0.141. The molecule has 86 valence electrons. The van der Waals surface area contributed by atoms with Gasteiger partial charge in [-0.3, -0.25) is 10.0 Å². The molecule has 0 amide bonds. The van der Waals surface area contributed by atoms with E-state index >= 15 is 0 Å². The molecule has 3 nitrogen and oxygen atoms in total. The molecule has 1 heterocycles. The van der Waals surface area contributed by atoms with E-state index < -0.39 is 23.3 Å². The fraction of sp³-hybridized carbons (Fsp3) is 0.300. The maximum Gasteiger partial charge on any atom is 0.299 e. The fourth-order valence-electron chi connectivity index (χ4n) is 1.63. The van der Waals surface area contributed by atoms with Crippen molar-refractivity contribution < 1.29 is 13.2 Å². The van der Waals surface area contributed by atoms with Crippen LogP contribution in [0.5, 0.6) is 0 Å². The maximum absolute atomic E-state index is 13.9. The molecular weight excluding hydrogens is 219 g/mol. The number of benzene rings is 1. The van der Waals surface area contributed by atoms with Crippen molar-refractivity contribution in [2.45, 2.75) is 12.0 Å². The lowest BCUT2D eigenvalue weighted by atomic mass is 10.0. The highest BCUT2D eigenvalue weighted by atomic mass is 19.3. The molecule has 0 fully saturated rings. The van der Waals surface area contributed by atoms with Crippen LogP contribution >= 0.6 is 0 Å². The lowest BCUT2D eigenvalue weighted by molar-refractivity contribution is -0.0648. The summed E-state index contributed by atoms with van der Waals surface area (Å²) >= 11 is 0. The molecule has 0 aromatic heterocycles. The monoisotopic (exact) mass is 229 g/mol. The highest BCUT2D eigenvalue weighted by Crippen LogP contribution is 2.36. The first-order valence-electron chi connectivity index (χ1n) is 4.69. The summed E-state index contributed by atoms with van der Waals surface area (Å²) in [5.74, 6) is 1.03. The van der Waals surface area contributed by atoms with Crippen LogP contribution in [0.4, 0.5) is 13.2 Å². The molecule has 1 aliphatic heterocycles. The van der Waals surface area contributed by atoms with Crippen molar-refractivity contribution in [3.8, 4) is 0 Å². The van der Waals surface area contributed by atoms with E-state index in [1.54, 1.807) is 0 Å². The molecule has 1 aromatic rings. The molecule has 1 atom stereocenters. The normalized spacial score (nSPS) is 20.5. The van der Waals surface area contributed by atoms with Gasteiger partial charge in [-0.05, 0) is 12.1 Å². The van der Waals surface area contributed by atoms with E-state index in [9.17, 15) is 13.2 Å². The van der Waals surface area contributed by atoms with Crippen molar-refractivity contribution in [1.82, 2.24) is 5.01 Å². The number of nitrogens with zero attached hydrogens (tertiary/aromatic N) is 2. The molecule has 1 unspecified atom stereocenters. The van der Waals surface area contributed by atoms with Crippen LogP contribution in [0.15, 0.2) is 29.3 Å². The van der Waals surface area contributed by atoms with Gasteiger partial charge in [0, 0.05) is 0 Å². The second kappa shape index (κ2) is 3.79. The van der Waals surface area contributed by atoms with E-state index in [4.69, 9.17) is 5.84 Å². The Labute approximate surface area is 90.3 Å². The van der Waals surface area contributed by atoms with E-state index in [2.05, 4.69) is 4.99 Å². The minimum absolute atomic E-state index is 0.141. The average Bonchev–Trinajstić information content (AvgIpc) is 2.65. The molecule has 0 bridgehead atoms. The molecule has 6 heteroatoms. The number of hydrogen-bond donors (Lipinski definition) is 1. The number of nitrogens with two attached hydrogens (primary N) is 1. The Morgan fingerprint density at radius 1 is 1.38 bits per heavy atom. The average molecular weight is 229 g/mol. The standard InChI is InChI=1S/C10H10F3N3/c11-8-4-2-1-3-7(8)10(12,13)9-5-15-6-16(9)14/h1-4,6,9H,5,14H2. The van der Waals surface area contributed by atoms with Crippen LogP contribution in [0.3, 0.4) is 0 Å². The minimum Gasteiger partial charge on any atom is -0.290 e. The number of alkyl halides is 2. The van der Waals surface area contributed by atoms with Gasteiger partial charge in [0.05, 0.1) is 18.4 Å². The highest BCUT2D eigenvalue weighted by molar-refractivity contribution is 5.57. The van der Waals surface area contributed by atoms with Crippen molar-refractivity contribution >= 4 is 6.34 Å².